The van der Waals surface area contributed by atoms with Crippen LogP contribution >= 0.6 is 0 Å². The molecule has 88 valence electrons. The number of carbonyl (C=O) groups excluding carboxylic acids is 1. The largest absolute Gasteiger partial charge is 0.370 e. The van der Waals surface area contributed by atoms with Crippen LogP contribution < -0.4 is 11.1 Å². The van der Waals surface area contributed by atoms with E-state index in [1.54, 1.807) is 11.9 Å². The predicted octanol–water partition coefficient (Wildman–Crippen LogP) is 0.508. The maximum atomic E-state index is 11.3. The Labute approximate surface area is 91.5 Å². The SMILES string of the molecule is CCCCNC(=O)CCCN(C)C(=N)N. The molecule has 0 atom stereocenters. The molecule has 0 aliphatic carbocycles. The van der Waals surface area contributed by atoms with Gasteiger partial charge in [-0.05, 0) is 12.8 Å². The number of carbonyl (C=O) groups is 1. The molecule has 0 fully saturated rings. The molecule has 0 unspecified atom stereocenters. The van der Waals surface area contributed by atoms with Crippen LogP contribution in [0.2, 0.25) is 0 Å². The number of rotatable bonds is 7. The van der Waals surface area contributed by atoms with Gasteiger partial charge in [-0.1, -0.05) is 13.3 Å². The van der Waals surface area contributed by atoms with Crippen LogP contribution in [0.5, 0.6) is 0 Å². The third-order valence-corrected chi connectivity index (χ3v) is 2.16. The van der Waals surface area contributed by atoms with E-state index in [1.807, 2.05) is 0 Å². The second-order valence-corrected chi connectivity index (χ2v) is 3.61. The van der Waals surface area contributed by atoms with Crippen LogP contribution in [0.3, 0.4) is 0 Å². The minimum absolute atomic E-state index is 0.0430. The van der Waals surface area contributed by atoms with E-state index < -0.39 is 0 Å². The lowest BCUT2D eigenvalue weighted by Gasteiger charge is -2.15. The molecule has 0 aromatic carbocycles. The topological polar surface area (TPSA) is 82.2 Å². The second-order valence-electron chi connectivity index (χ2n) is 3.61. The van der Waals surface area contributed by atoms with Gasteiger partial charge in [0.2, 0.25) is 5.91 Å². The van der Waals surface area contributed by atoms with Crippen LogP contribution in [0, 0.1) is 5.41 Å². The maximum Gasteiger partial charge on any atom is 0.220 e. The van der Waals surface area contributed by atoms with E-state index in [0.29, 0.717) is 13.0 Å². The normalized spacial score (nSPS) is 9.73. The minimum atomic E-state index is 0.0430. The molecule has 0 radical (unpaired) electrons. The Hall–Kier alpha value is -1.26. The van der Waals surface area contributed by atoms with Crippen LogP contribution in [0.1, 0.15) is 32.6 Å². The summed E-state index contributed by atoms with van der Waals surface area (Å²) in [4.78, 5) is 12.9. The zero-order valence-electron chi connectivity index (χ0n) is 9.68. The molecule has 0 aliphatic rings. The first kappa shape index (κ1) is 13.7. The highest BCUT2D eigenvalue weighted by molar-refractivity contribution is 5.76. The van der Waals surface area contributed by atoms with Crippen LogP contribution in [0.4, 0.5) is 0 Å². The molecule has 0 spiro atoms. The average molecular weight is 214 g/mol. The van der Waals surface area contributed by atoms with Crippen molar-refractivity contribution in [2.75, 3.05) is 20.1 Å². The summed E-state index contributed by atoms with van der Waals surface area (Å²) in [7, 11) is 1.75. The van der Waals surface area contributed by atoms with Crippen molar-refractivity contribution in [1.82, 2.24) is 10.2 Å². The number of nitrogens with one attached hydrogen (secondary N) is 2. The Bertz CT molecular complexity index is 206. The molecule has 0 aromatic rings. The Morgan fingerprint density at radius 2 is 2.13 bits per heavy atom. The summed E-state index contributed by atoms with van der Waals surface area (Å²) in [6, 6.07) is 0. The maximum absolute atomic E-state index is 11.3. The Morgan fingerprint density at radius 1 is 1.47 bits per heavy atom. The van der Waals surface area contributed by atoms with Gasteiger partial charge in [0, 0.05) is 26.6 Å². The second kappa shape index (κ2) is 8.08. The lowest BCUT2D eigenvalue weighted by Crippen LogP contribution is -2.34. The lowest BCUT2D eigenvalue weighted by molar-refractivity contribution is -0.121. The molecule has 0 aliphatic heterocycles. The van der Waals surface area contributed by atoms with Crippen LogP contribution in [-0.4, -0.2) is 36.9 Å². The molecule has 5 nitrogen and oxygen atoms in total. The number of nitrogens with two attached hydrogens (primary N) is 1. The van der Waals surface area contributed by atoms with Crippen molar-refractivity contribution in [1.29, 1.82) is 5.41 Å². The predicted molar refractivity (Wildman–Crippen MR) is 61.7 cm³/mol. The highest BCUT2D eigenvalue weighted by Crippen LogP contribution is 1.93. The van der Waals surface area contributed by atoms with Gasteiger partial charge in [0.1, 0.15) is 0 Å². The Balaban J connectivity index is 3.42. The average Bonchev–Trinajstić information content (AvgIpc) is 2.18. The number of nitrogens with zero attached hydrogens (tertiary/aromatic N) is 1. The number of hydrogen-bond acceptors (Lipinski definition) is 2. The highest BCUT2D eigenvalue weighted by atomic mass is 16.1. The number of amides is 1. The summed E-state index contributed by atoms with van der Waals surface area (Å²) in [6.07, 6.45) is 3.35. The van der Waals surface area contributed by atoms with Gasteiger partial charge in [0.25, 0.3) is 0 Å². The number of hydrogen-bond donors (Lipinski definition) is 3. The Kier molecular flexibility index (Phi) is 7.40. The van der Waals surface area contributed by atoms with E-state index in [-0.39, 0.29) is 11.9 Å². The Morgan fingerprint density at radius 3 is 2.67 bits per heavy atom. The van der Waals surface area contributed by atoms with E-state index in [1.165, 1.54) is 0 Å². The zero-order chi connectivity index (χ0) is 11.7. The van der Waals surface area contributed by atoms with Crippen LogP contribution in [0.15, 0.2) is 0 Å². The molecule has 0 saturated carbocycles. The fourth-order valence-electron chi connectivity index (χ4n) is 1.09. The van der Waals surface area contributed by atoms with E-state index in [2.05, 4.69) is 12.2 Å². The number of unbranched alkanes of at least 4 members (excludes halogenated alkanes) is 1. The molecular formula is C10H22N4O. The highest BCUT2D eigenvalue weighted by Gasteiger charge is 2.03. The summed E-state index contributed by atoms with van der Waals surface area (Å²) in [5, 5.41) is 9.97. The van der Waals surface area contributed by atoms with Crippen molar-refractivity contribution in [2.24, 2.45) is 5.73 Å². The lowest BCUT2D eigenvalue weighted by atomic mass is 10.2. The molecule has 0 saturated heterocycles. The molecule has 4 N–H and O–H groups in total. The fraction of sp³-hybridized carbons (Fsp3) is 0.800. The van der Waals surface area contributed by atoms with Gasteiger partial charge >= 0.3 is 0 Å². The molecular weight excluding hydrogens is 192 g/mol. The zero-order valence-corrected chi connectivity index (χ0v) is 9.68. The van der Waals surface area contributed by atoms with Gasteiger partial charge in [0.05, 0.1) is 0 Å². The van der Waals surface area contributed by atoms with Gasteiger partial charge in [0.15, 0.2) is 5.96 Å². The molecule has 1 amide bonds. The summed E-state index contributed by atoms with van der Waals surface area (Å²) in [6.45, 7) is 3.50. The van der Waals surface area contributed by atoms with Gasteiger partial charge in [-0.3, -0.25) is 10.2 Å². The molecule has 5 heteroatoms. The first-order valence-electron chi connectivity index (χ1n) is 5.39. The molecule has 15 heavy (non-hydrogen) atoms. The van der Waals surface area contributed by atoms with Gasteiger partial charge in [-0.15, -0.1) is 0 Å². The third kappa shape index (κ3) is 7.78. The fourth-order valence-corrected chi connectivity index (χ4v) is 1.09. The molecule has 0 heterocycles. The van der Waals surface area contributed by atoms with Crippen molar-refractivity contribution in [3.8, 4) is 0 Å². The van der Waals surface area contributed by atoms with Crippen LogP contribution in [0.25, 0.3) is 0 Å². The summed E-state index contributed by atoms with van der Waals surface area (Å²) < 4.78 is 0. The van der Waals surface area contributed by atoms with E-state index >= 15 is 0 Å². The van der Waals surface area contributed by atoms with E-state index in [9.17, 15) is 4.79 Å². The monoisotopic (exact) mass is 214 g/mol. The van der Waals surface area contributed by atoms with Gasteiger partial charge in [-0.2, -0.15) is 0 Å². The summed E-state index contributed by atoms with van der Waals surface area (Å²) in [5.74, 6) is 0.127. The smallest absolute Gasteiger partial charge is 0.220 e. The third-order valence-electron chi connectivity index (χ3n) is 2.16. The first-order valence-corrected chi connectivity index (χ1v) is 5.39. The quantitative estimate of drug-likeness (QED) is 0.328. The van der Waals surface area contributed by atoms with Crippen molar-refractivity contribution in [3.63, 3.8) is 0 Å². The molecule has 0 bridgehead atoms. The van der Waals surface area contributed by atoms with Crippen molar-refractivity contribution in [2.45, 2.75) is 32.6 Å². The molecule has 0 aromatic heterocycles. The van der Waals surface area contributed by atoms with Crippen molar-refractivity contribution in [3.05, 3.63) is 0 Å². The number of guanidine groups is 1. The summed E-state index contributed by atoms with van der Waals surface area (Å²) in [5.41, 5.74) is 5.26. The van der Waals surface area contributed by atoms with Gasteiger partial charge in [-0.25, -0.2) is 0 Å². The summed E-state index contributed by atoms with van der Waals surface area (Å²) >= 11 is 0. The van der Waals surface area contributed by atoms with E-state index in [4.69, 9.17) is 11.1 Å². The van der Waals surface area contributed by atoms with Crippen molar-refractivity contribution >= 4 is 11.9 Å². The molecule has 0 rings (SSSR count). The van der Waals surface area contributed by atoms with E-state index in [0.717, 1.165) is 25.8 Å². The van der Waals surface area contributed by atoms with Crippen molar-refractivity contribution < 1.29 is 4.79 Å². The van der Waals surface area contributed by atoms with Crippen LogP contribution in [-0.2, 0) is 4.79 Å². The van der Waals surface area contributed by atoms with Gasteiger partial charge < -0.3 is 16.0 Å². The minimum Gasteiger partial charge on any atom is -0.370 e. The standard InChI is InChI=1S/C10H22N4O/c1-3-4-7-13-9(15)6-5-8-14(2)10(11)12/h3-8H2,1-2H3,(H3,11,12)(H,13,15). The first-order chi connectivity index (χ1) is 7.07.